The molecule has 2 fully saturated rings. The van der Waals surface area contributed by atoms with E-state index in [-0.39, 0.29) is 42.3 Å². The van der Waals surface area contributed by atoms with Gasteiger partial charge in [-0.25, -0.2) is 12.8 Å². The van der Waals surface area contributed by atoms with Gasteiger partial charge < -0.3 is 10.2 Å². The third kappa shape index (κ3) is 3.40. The van der Waals surface area contributed by atoms with E-state index in [9.17, 15) is 22.4 Å². The van der Waals surface area contributed by atoms with Crippen molar-refractivity contribution in [2.45, 2.75) is 34.9 Å². The Balaban J connectivity index is 1.50. The first-order chi connectivity index (χ1) is 13.7. The Kier molecular flexibility index (Phi) is 4.86. The summed E-state index contributed by atoms with van der Waals surface area (Å²) in [6, 6.07) is 11.0. The number of hydrogen-bond donors (Lipinski definition) is 1. The topological polar surface area (TPSA) is 83.5 Å². The normalized spacial score (nSPS) is 20.6. The second kappa shape index (κ2) is 7.11. The van der Waals surface area contributed by atoms with E-state index in [4.69, 9.17) is 11.6 Å². The maximum absolute atomic E-state index is 14.0. The number of nitrogens with one attached hydrogen (secondary N) is 1. The van der Waals surface area contributed by atoms with E-state index in [0.29, 0.717) is 5.02 Å². The lowest BCUT2D eigenvalue weighted by atomic mass is 10.2. The van der Waals surface area contributed by atoms with Crippen molar-refractivity contribution in [2.24, 2.45) is 0 Å². The van der Waals surface area contributed by atoms with Crippen LogP contribution in [0.1, 0.15) is 19.3 Å². The molecule has 1 unspecified atom stereocenters. The molecule has 0 radical (unpaired) electrons. The lowest BCUT2D eigenvalue weighted by Gasteiger charge is -2.20. The molecule has 4 rings (SSSR count). The van der Waals surface area contributed by atoms with E-state index >= 15 is 0 Å². The SMILES string of the molecule is O=C1CC(NC(=O)C2(S(=O)(=O)c3ccc(Cl)cc3)CC2)CN1c1ccccc1F. The van der Waals surface area contributed by atoms with Crippen LogP contribution in [0, 0.1) is 5.82 Å². The molecule has 0 spiro atoms. The highest BCUT2D eigenvalue weighted by molar-refractivity contribution is 7.94. The number of para-hydroxylation sites is 1. The maximum Gasteiger partial charge on any atom is 0.242 e. The quantitative estimate of drug-likeness (QED) is 0.781. The first kappa shape index (κ1) is 19.8. The smallest absolute Gasteiger partial charge is 0.242 e. The molecular weight excluding hydrogens is 419 g/mol. The minimum absolute atomic E-state index is 0.0167. The Labute approximate surface area is 172 Å². The second-order valence-electron chi connectivity index (χ2n) is 7.28. The number of amides is 2. The van der Waals surface area contributed by atoms with E-state index in [0.717, 1.165) is 0 Å². The summed E-state index contributed by atoms with van der Waals surface area (Å²) in [6.07, 6.45) is 0.403. The molecule has 1 saturated carbocycles. The van der Waals surface area contributed by atoms with Crippen molar-refractivity contribution in [3.8, 4) is 0 Å². The van der Waals surface area contributed by atoms with Gasteiger partial charge in [-0.05, 0) is 49.2 Å². The fourth-order valence-electron chi connectivity index (χ4n) is 3.60. The minimum atomic E-state index is -3.90. The number of sulfone groups is 1. The van der Waals surface area contributed by atoms with E-state index in [2.05, 4.69) is 5.32 Å². The largest absolute Gasteiger partial charge is 0.350 e. The number of carbonyl (C=O) groups excluding carboxylic acids is 2. The monoisotopic (exact) mass is 436 g/mol. The Morgan fingerprint density at radius 3 is 2.41 bits per heavy atom. The Morgan fingerprint density at radius 2 is 1.79 bits per heavy atom. The summed E-state index contributed by atoms with van der Waals surface area (Å²) in [6.45, 7) is 0.0859. The molecule has 0 aromatic heterocycles. The summed E-state index contributed by atoms with van der Waals surface area (Å²) in [5.74, 6) is -1.48. The first-order valence-corrected chi connectivity index (χ1v) is 11.0. The van der Waals surface area contributed by atoms with E-state index in [1.807, 2.05) is 0 Å². The van der Waals surface area contributed by atoms with Gasteiger partial charge in [0.2, 0.25) is 11.8 Å². The van der Waals surface area contributed by atoms with Crippen molar-refractivity contribution < 1.29 is 22.4 Å². The molecule has 0 bridgehead atoms. The third-order valence-electron chi connectivity index (χ3n) is 5.36. The van der Waals surface area contributed by atoms with Gasteiger partial charge in [-0.3, -0.25) is 9.59 Å². The van der Waals surface area contributed by atoms with Gasteiger partial charge in [0.1, 0.15) is 5.82 Å². The molecule has 1 heterocycles. The lowest BCUT2D eigenvalue weighted by molar-refractivity contribution is -0.122. The number of anilines is 1. The van der Waals surface area contributed by atoms with Crippen LogP contribution in [0.15, 0.2) is 53.4 Å². The average molecular weight is 437 g/mol. The van der Waals surface area contributed by atoms with Crippen LogP contribution in [-0.2, 0) is 19.4 Å². The van der Waals surface area contributed by atoms with Gasteiger partial charge in [0.15, 0.2) is 14.6 Å². The fourth-order valence-corrected chi connectivity index (χ4v) is 5.61. The molecule has 2 aliphatic rings. The molecule has 1 atom stereocenters. The zero-order valence-electron chi connectivity index (χ0n) is 15.3. The molecule has 6 nitrogen and oxygen atoms in total. The molecule has 1 aliphatic carbocycles. The maximum atomic E-state index is 14.0. The number of nitrogens with zero attached hydrogens (tertiary/aromatic N) is 1. The van der Waals surface area contributed by atoms with Crippen molar-refractivity contribution in [1.29, 1.82) is 0 Å². The van der Waals surface area contributed by atoms with Crippen molar-refractivity contribution >= 4 is 38.9 Å². The Bertz CT molecular complexity index is 1080. The van der Waals surface area contributed by atoms with Crippen molar-refractivity contribution in [3.05, 3.63) is 59.4 Å². The molecule has 1 aliphatic heterocycles. The zero-order chi connectivity index (χ0) is 20.8. The van der Waals surface area contributed by atoms with Crippen LogP contribution in [0.3, 0.4) is 0 Å². The number of halogens is 2. The fraction of sp³-hybridized carbons (Fsp3) is 0.300. The van der Waals surface area contributed by atoms with Crippen LogP contribution in [0.5, 0.6) is 0 Å². The Morgan fingerprint density at radius 1 is 1.14 bits per heavy atom. The number of carbonyl (C=O) groups is 2. The molecule has 152 valence electrons. The van der Waals surface area contributed by atoms with Gasteiger partial charge in [0.05, 0.1) is 16.6 Å². The molecular formula is C20H18ClFN2O4S. The van der Waals surface area contributed by atoms with Gasteiger partial charge >= 0.3 is 0 Å². The van der Waals surface area contributed by atoms with Crippen LogP contribution < -0.4 is 10.2 Å². The Hall–Kier alpha value is -2.45. The second-order valence-corrected chi connectivity index (χ2v) is 9.98. The predicted molar refractivity (Wildman–Crippen MR) is 106 cm³/mol. The summed E-state index contributed by atoms with van der Waals surface area (Å²) < 4.78 is 38.5. The van der Waals surface area contributed by atoms with Crippen molar-refractivity contribution in [3.63, 3.8) is 0 Å². The van der Waals surface area contributed by atoms with Gasteiger partial charge in [-0.2, -0.15) is 0 Å². The predicted octanol–water partition coefficient (Wildman–Crippen LogP) is 2.71. The van der Waals surface area contributed by atoms with Crippen LogP contribution >= 0.6 is 11.6 Å². The summed E-state index contributed by atoms with van der Waals surface area (Å²) in [4.78, 5) is 26.5. The molecule has 1 N–H and O–H groups in total. The average Bonchev–Trinajstić information content (AvgIpc) is 3.43. The first-order valence-electron chi connectivity index (χ1n) is 9.11. The van der Waals surface area contributed by atoms with Crippen LogP contribution in [0.4, 0.5) is 10.1 Å². The molecule has 29 heavy (non-hydrogen) atoms. The zero-order valence-corrected chi connectivity index (χ0v) is 16.8. The summed E-state index contributed by atoms with van der Waals surface area (Å²) >= 11 is 5.82. The molecule has 2 amide bonds. The van der Waals surface area contributed by atoms with Crippen molar-refractivity contribution in [2.75, 3.05) is 11.4 Å². The van der Waals surface area contributed by atoms with Crippen molar-refractivity contribution in [1.82, 2.24) is 5.32 Å². The molecule has 9 heteroatoms. The summed E-state index contributed by atoms with van der Waals surface area (Å²) in [7, 11) is -3.90. The number of rotatable bonds is 5. The lowest BCUT2D eigenvalue weighted by Crippen LogP contribution is -2.47. The number of benzene rings is 2. The molecule has 2 aromatic carbocycles. The highest BCUT2D eigenvalue weighted by Gasteiger charge is 2.61. The van der Waals surface area contributed by atoms with Crippen LogP contribution in [-0.4, -0.2) is 37.6 Å². The molecule has 1 saturated heterocycles. The van der Waals surface area contributed by atoms with E-state index in [1.165, 1.54) is 47.4 Å². The standard InChI is InChI=1S/C20H18ClFN2O4S/c21-13-5-7-15(8-6-13)29(27,28)20(9-10-20)19(26)23-14-11-18(25)24(12-14)17-4-2-1-3-16(17)22/h1-8,14H,9-12H2,(H,23,26). The van der Waals surface area contributed by atoms with Gasteiger partial charge in [0, 0.05) is 18.0 Å². The van der Waals surface area contributed by atoms with Crippen LogP contribution in [0.2, 0.25) is 5.02 Å². The number of hydrogen-bond acceptors (Lipinski definition) is 4. The van der Waals surface area contributed by atoms with Gasteiger partial charge in [-0.15, -0.1) is 0 Å². The van der Waals surface area contributed by atoms with Crippen LogP contribution in [0.25, 0.3) is 0 Å². The highest BCUT2D eigenvalue weighted by Crippen LogP contribution is 2.47. The van der Waals surface area contributed by atoms with Gasteiger partial charge in [-0.1, -0.05) is 23.7 Å². The van der Waals surface area contributed by atoms with Gasteiger partial charge in [0.25, 0.3) is 0 Å². The summed E-state index contributed by atoms with van der Waals surface area (Å²) in [5.41, 5.74) is 0.143. The highest BCUT2D eigenvalue weighted by atomic mass is 35.5. The summed E-state index contributed by atoms with van der Waals surface area (Å²) in [5, 5.41) is 3.09. The third-order valence-corrected chi connectivity index (χ3v) is 8.13. The molecule has 2 aromatic rings. The van der Waals surface area contributed by atoms with E-state index < -0.39 is 32.4 Å². The van der Waals surface area contributed by atoms with E-state index in [1.54, 1.807) is 6.07 Å². The minimum Gasteiger partial charge on any atom is -0.350 e.